The Labute approximate surface area is 55.6 Å². The number of amidine groups is 1. The molecule has 2 nitrogen and oxygen atoms in total. The number of hydrogen-bond acceptors (Lipinski definition) is 1. The van der Waals surface area contributed by atoms with E-state index in [1.807, 2.05) is 0 Å². The standard InChI is InChI=1S/C5H12N2S/c1-4(2)3-7-5(6)8/h4H,3H2,1-2H3,(H3,6,7,8). The second kappa shape index (κ2) is 3.78. The summed E-state index contributed by atoms with van der Waals surface area (Å²) in [4.78, 5) is 3.88. The topological polar surface area (TPSA) is 38.4 Å². The highest BCUT2D eigenvalue weighted by atomic mass is 32.1. The molecule has 0 rings (SSSR count). The molecule has 3 heteroatoms. The molecule has 0 aliphatic carbocycles. The van der Waals surface area contributed by atoms with Gasteiger partial charge in [-0.15, -0.1) is 12.6 Å². The van der Waals surface area contributed by atoms with E-state index in [0.29, 0.717) is 11.1 Å². The molecule has 0 radical (unpaired) electrons. The minimum absolute atomic E-state index is 0.374. The van der Waals surface area contributed by atoms with Gasteiger partial charge in [0.2, 0.25) is 0 Å². The van der Waals surface area contributed by atoms with E-state index < -0.39 is 0 Å². The fourth-order valence-corrected chi connectivity index (χ4v) is 0.358. The van der Waals surface area contributed by atoms with Crippen molar-refractivity contribution in [2.75, 3.05) is 6.54 Å². The molecule has 0 atom stereocenters. The molecule has 0 aromatic rings. The maximum absolute atomic E-state index is 5.15. The van der Waals surface area contributed by atoms with E-state index in [4.69, 9.17) is 5.73 Å². The number of hydrogen-bond donors (Lipinski definition) is 2. The van der Waals surface area contributed by atoms with Gasteiger partial charge in [0.25, 0.3) is 0 Å². The van der Waals surface area contributed by atoms with Crippen molar-refractivity contribution >= 4 is 17.8 Å². The van der Waals surface area contributed by atoms with Gasteiger partial charge in [0.15, 0.2) is 5.17 Å². The smallest absolute Gasteiger partial charge is 0.150 e. The van der Waals surface area contributed by atoms with E-state index in [2.05, 4.69) is 31.5 Å². The van der Waals surface area contributed by atoms with Gasteiger partial charge in [-0.05, 0) is 5.92 Å². The maximum Gasteiger partial charge on any atom is 0.150 e. The Morgan fingerprint density at radius 3 is 2.38 bits per heavy atom. The van der Waals surface area contributed by atoms with Gasteiger partial charge in [0, 0.05) is 6.54 Å². The van der Waals surface area contributed by atoms with Crippen molar-refractivity contribution in [3.8, 4) is 0 Å². The first kappa shape index (κ1) is 7.82. The third-order valence-electron chi connectivity index (χ3n) is 0.618. The average molecular weight is 132 g/mol. The lowest BCUT2D eigenvalue weighted by Crippen LogP contribution is -2.04. The van der Waals surface area contributed by atoms with E-state index in [1.54, 1.807) is 0 Å². The largest absolute Gasteiger partial charge is 0.379 e. The predicted octanol–water partition coefficient (Wildman–Crippen LogP) is 0.887. The van der Waals surface area contributed by atoms with Gasteiger partial charge in [-0.1, -0.05) is 13.8 Å². The van der Waals surface area contributed by atoms with Crippen LogP contribution in [0.3, 0.4) is 0 Å². The number of thiol groups is 1. The van der Waals surface area contributed by atoms with Gasteiger partial charge in [-0.25, -0.2) is 0 Å². The molecule has 0 amide bonds. The first-order chi connectivity index (χ1) is 3.63. The van der Waals surface area contributed by atoms with E-state index in [1.165, 1.54) is 0 Å². The number of nitrogens with zero attached hydrogens (tertiary/aromatic N) is 1. The second-order valence-corrected chi connectivity index (χ2v) is 2.55. The van der Waals surface area contributed by atoms with Crippen LogP contribution < -0.4 is 5.73 Å². The van der Waals surface area contributed by atoms with Crippen LogP contribution in [-0.2, 0) is 0 Å². The molecule has 0 spiro atoms. The number of aliphatic imine (C=N–C) groups is 1. The zero-order valence-corrected chi connectivity index (χ0v) is 6.15. The molecule has 0 bridgehead atoms. The molecule has 8 heavy (non-hydrogen) atoms. The van der Waals surface area contributed by atoms with Crippen LogP contribution in [0.1, 0.15) is 13.8 Å². The Bertz CT molecular complexity index is 84.4. The molecule has 0 fully saturated rings. The van der Waals surface area contributed by atoms with Gasteiger partial charge in [-0.2, -0.15) is 0 Å². The monoisotopic (exact) mass is 132 g/mol. The van der Waals surface area contributed by atoms with Crippen molar-refractivity contribution < 1.29 is 0 Å². The summed E-state index contributed by atoms with van der Waals surface area (Å²) in [6.07, 6.45) is 0. The first-order valence-electron chi connectivity index (χ1n) is 2.62. The highest BCUT2D eigenvalue weighted by Gasteiger charge is 1.88. The van der Waals surface area contributed by atoms with E-state index in [0.717, 1.165) is 6.54 Å². The summed E-state index contributed by atoms with van der Waals surface area (Å²) in [6.45, 7) is 4.94. The quantitative estimate of drug-likeness (QED) is 0.327. The van der Waals surface area contributed by atoms with Crippen molar-refractivity contribution in [1.82, 2.24) is 0 Å². The highest BCUT2D eigenvalue weighted by Crippen LogP contribution is 1.91. The van der Waals surface area contributed by atoms with Crippen molar-refractivity contribution in [3.63, 3.8) is 0 Å². The third-order valence-corrected chi connectivity index (χ3v) is 0.760. The first-order valence-corrected chi connectivity index (χ1v) is 3.06. The maximum atomic E-state index is 5.15. The van der Waals surface area contributed by atoms with Crippen LogP contribution in [0.2, 0.25) is 0 Å². The molecule has 0 unspecified atom stereocenters. The van der Waals surface area contributed by atoms with Crippen molar-refractivity contribution in [3.05, 3.63) is 0 Å². The lowest BCUT2D eigenvalue weighted by molar-refractivity contribution is 0.666. The normalized spacial score (nSPS) is 12.8. The summed E-state index contributed by atoms with van der Waals surface area (Å²) in [5, 5.41) is 0.374. The summed E-state index contributed by atoms with van der Waals surface area (Å²) in [6, 6.07) is 0. The molecule has 0 saturated heterocycles. The number of nitrogens with two attached hydrogens (primary N) is 1. The Balaban J connectivity index is 3.29. The molecule has 0 heterocycles. The molecule has 0 aliphatic heterocycles. The Kier molecular flexibility index (Phi) is 3.69. The minimum atomic E-state index is 0.374. The fourth-order valence-electron chi connectivity index (χ4n) is 0.276. The van der Waals surface area contributed by atoms with Crippen molar-refractivity contribution in [1.29, 1.82) is 0 Å². The molecular formula is C5H12N2S. The lowest BCUT2D eigenvalue weighted by Gasteiger charge is -1.96. The zero-order valence-electron chi connectivity index (χ0n) is 5.26. The fraction of sp³-hybridized carbons (Fsp3) is 0.800. The molecule has 0 saturated carbocycles. The van der Waals surface area contributed by atoms with Gasteiger partial charge < -0.3 is 5.73 Å². The van der Waals surface area contributed by atoms with Crippen molar-refractivity contribution in [2.45, 2.75) is 13.8 Å². The Morgan fingerprint density at radius 2 is 2.25 bits per heavy atom. The van der Waals surface area contributed by atoms with Crippen LogP contribution in [-0.4, -0.2) is 11.7 Å². The van der Waals surface area contributed by atoms with Crippen LogP contribution >= 0.6 is 12.6 Å². The van der Waals surface area contributed by atoms with E-state index >= 15 is 0 Å². The third kappa shape index (κ3) is 5.82. The second-order valence-electron chi connectivity index (χ2n) is 2.09. The Morgan fingerprint density at radius 1 is 1.75 bits per heavy atom. The van der Waals surface area contributed by atoms with E-state index in [9.17, 15) is 0 Å². The van der Waals surface area contributed by atoms with Crippen LogP contribution in [0.15, 0.2) is 4.99 Å². The molecule has 48 valence electrons. The molecule has 0 aliphatic rings. The summed E-state index contributed by atoms with van der Waals surface area (Å²) in [5.41, 5.74) is 5.15. The predicted molar refractivity (Wildman–Crippen MR) is 40.3 cm³/mol. The summed E-state index contributed by atoms with van der Waals surface area (Å²) >= 11 is 3.80. The Hall–Kier alpha value is -0.180. The summed E-state index contributed by atoms with van der Waals surface area (Å²) in [7, 11) is 0. The van der Waals surface area contributed by atoms with Crippen LogP contribution in [0, 0.1) is 5.92 Å². The highest BCUT2D eigenvalue weighted by molar-refractivity contribution is 7.96. The van der Waals surface area contributed by atoms with Gasteiger partial charge in [0.05, 0.1) is 0 Å². The molecule has 0 aromatic heterocycles. The van der Waals surface area contributed by atoms with Gasteiger partial charge in [0.1, 0.15) is 0 Å². The molecular weight excluding hydrogens is 120 g/mol. The number of rotatable bonds is 2. The zero-order chi connectivity index (χ0) is 6.57. The van der Waals surface area contributed by atoms with Gasteiger partial charge >= 0.3 is 0 Å². The van der Waals surface area contributed by atoms with Gasteiger partial charge in [-0.3, -0.25) is 4.99 Å². The van der Waals surface area contributed by atoms with Crippen LogP contribution in [0.25, 0.3) is 0 Å². The summed E-state index contributed by atoms with van der Waals surface area (Å²) < 4.78 is 0. The lowest BCUT2D eigenvalue weighted by atomic mass is 10.2. The SMILES string of the molecule is CC(C)C/N=C(/N)S. The average Bonchev–Trinajstić information content (AvgIpc) is 1.61. The minimum Gasteiger partial charge on any atom is -0.379 e. The summed E-state index contributed by atoms with van der Waals surface area (Å²) in [5.74, 6) is 0.570. The molecule has 2 N–H and O–H groups in total. The van der Waals surface area contributed by atoms with Crippen LogP contribution in [0.5, 0.6) is 0 Å². The van der Waals surface area contributed by atoms with Crippen molar-refractivity contribution in [2.24, 2.45) is 16.6 Å². The van der Waals surface area contributed by atoms with E-state index in [-0.39, 0.29) is 0 Å². The molecule has 0 aromatic carbocycles. The van der Waals surface area contributed by atoms with Crippen LogP contribution in [0.4, 0.5) is 0 Å².